The molecule has 3 heterocycles. The van der Waals surface area contributed by atoms with Crippen molar-refractivity contribution in [2.45, 2.75) is 69.7 Å². The van der Waals surface area contributed by atoms with E-state index in [1.165, 1.54) is 35.2 Å². The SMILES string of the molecule is COC1=C(C)C(=O)C2=C(C1=O)[C@@H](CNC(=O)[C@@H](C)N)N1[C@H](O)[C@@H]3[C@@H](OC)c4c(O)c(C)c(OC)c(O)c4[C@H]([C@H]1C2)N3C. The molecule has 228 valence electrons. The number of phenolic OH excluding ortho intramolecular Hbond substituents is 2. The number of amides is 1. The van der Waals surface area contributed by atoms with E-state index in [1.54, 1.807) is 18.9 Å². The molecule has 1 amide bonds. The van der Waals surface area contributed by atoms with Crippen molar-refractivity contribution in [2.75, 3.05) is 34.9 Å². The van der Waals surface area contributed by atoms with Gasteiger partial charge in [-0.25, -0.2) is 0 Å². The molecule has 0 spiro atoms. The predicted molar refractivity (Wildman–Crippen MR) is 149 cm³/mol. The molecule has 3 aliphatic heterocycles. The van der Waals surface area contributed by atoms with E-state index in [1.807, 2.05) is 4.90 Å². The molecule has 0 saturated carbocycles. The summed E-state index contributed by atoms with van der Waals surface area (Å²) < 4.78 is 16.7. The van der Waals surface area contributed by atoms with Crippen molar-refractivity contribution in [3.63, 3.8) is 0 Å². The van der Waals surface area contributed by atoms with Gasteiger partial charge in [0.25, 0.3) is 0 Å². The molecule has 0 radical (unpaired) electrons. The Morgan fingerprint density at radius 3 is 2.33 bits per heavy atom. The first kappa shape index (κ1) is 30.0. The number of aliphatic hydroxyl groups is 1. The first-order chi connectivity index (χ1) is 19.8. The van der Waals surface area contributed by atoms with Gasteiger partial charge in [-0.05, 0) is 34.2 Å². The van der Waals surface area contributed by atoms with Gasteiger partial charge in [0.1, 0.15) is 18.1 Å². The predicted octanol–water partition coefficient (Wildman–Crippen LogP) is 0.0645. The first-order valence-corrected chi connectivity index (χ1v) is 13.8. The van der Waals surface area contributed by atoms with Crippen LogP contribution in [-0.2, 0) is 23.9 Å². The molecule has 0 unspecified atom stereocenters. The summed E-state index contributed by atoms with van der Waals surface area (Å²) in [6.45, 7) is 4.52. The number of hydrogen-bond donors (Lipinski definition) is 5. The topological polar surface area (TPSA) is 184 Å². The van der Waals surface area contributed by atoms with Gasteiger partial charge in [0.05, 0.1) is 38.4 Å². The van der Waals surface area contributed by atoms with Gasteiger partial charge in [-0.15, -0.1) is 0 Å². The van der Waals surface area contributed by atoms with Crippen molar-refractivity contribution in [3.05, 3.63) is 39.2 Å². The average molecular weight is 587 g/mol. The second-order valence-corrected chi connectivity index (χ2v) is 11.3. The van der Waals surface area contributed by atoms with Gasteiger partial charge in [-0.1, -0.05) is 0 Å². The van der Waals surface area contributed by atoms with Crippen molar-refractivity contribution in [1.29, 1.82) is 0 Å². The number of ether oxygens (including phenoxy) is 3. The number of allylic oxidation sites excluding steroid dienone is 2. The Balaban J connectivity index is 1.76. The molecule has 2 bridgehead atoms. The molecule has 1 aromatic rings. The highest BCUT2D eigenvalue weighted by atomic mass is 16.5. The van der Waals surface area contributed by atoms with E-state index >= 15 is 0 Å². The number of fused-ring (bicyclic) bond motifs is 6. The number of phenols is 2. The third-order valence-electron chi connectivity index (χ3n) is 9.25. The maximum atomic E-state index is 13.8. The maximum Gasteiger partial charge on any atom is 0.236 e. The lowest BCUT2D eigenvalue weighted by Crippen LogP contribution is -2.72. The zero-order valence-corrected chi connectivity index (χ0v) is 24.7. The summed E-state index contributed by atoms with van der Waals surface area (Å²) >= 11 is 0. The van der Waals surface area contributed by atoms with Crippen molar-refractivity contribution < 1.29 is 43.9 Å². The van der Waals surface area contributed by atoms with E-state index in [9.17, 15) is 29.7 Å². The fraction of sp³-hybridized carbons (Fsp3) is 0.552. The van der Waals surface area contributed by atoms with Crippen LogP contribution in [0.25, 0.3) is 0 Å². The van der Waals surface area contributed by atoms with Crippen molar-refractivity contribution >= 4 is 17.5 Å². The lowest BCUT2D eigenvalue weighted by Gasteiger charge is -2.61. The number of aromatic hydroxyl groups is 2. The third kappa shape index (κ3) is 3.98. The highest BCUT2D eigenvalue weighted by Gasteiger charge is 2.60. The lowest BCUT2D eigenvalue weighted by molar-refractivity contribution is -0.198. The second-order valence-electron chi connectivity index (χ2n) is 11.3. The Labute approximate surface area is 243 Å². The summed E-state index contributed by atoms with van der Waals surface area (Å²) in [4.78, 5) is 43.6. The maximum absolute atomic E-state index is 13.8. The third-order valence-corrected chi connectivity index (χ3v) is 9.25. The Morgan fingerprint density at radius 1 is 1.10 bits per heavy atom. The molecule has 1 aliphatic carbocycles. The molecule has 5 rings (SSSR count). The summed E-state index contributed by atoms with van der Waals surface area (Å²) in [5.41, 5.74) is 7.30. The Kier molecular flexibility index (Phi) is 7.60. The van der Waals surface area contributed by atoms with Crippen LogP contribution in [-0.4, -0.2) is 108 Å². The molecular formula is C29H38N4O9. The number of carbonyl (C=O) groups is 3. The number of aliphatic hydroxyl groups excluding tert-OH is 1. The minimum absolute atomic E-state index is 0.0399. The molecule has 42 heavy (non-hydrogen) atoms. The van der Waals surface area contributed by atoms with Gasteiger partial charge in [0, 0.05) is 53.1 Å². The van der Waals surface area contributed by atoms with Crippen LogP contribution >= 0.6 is 0 Å². The molecular weight excluding hydrogens is 548 g/mol. The monoisotopic (exact) mass is 586 g/mol. The van der Waals surface area contributed by atoms with Gasteiger partial charge in [-0.3, -0.25) is 24.2 Å². The second kappa shape index (κ2) is 10.7. The van der Waals surface area contributed by atoms with E-state index in [4.69, 9.17) is 19.9 Å². The summed E-state index contributed by atoms with van der Waals surface area (Å²) in [7, 11) is 5.91. The highest BCUT2D eigenvalue weighted by Crippen LogP contribution is 2.59. The number of Topliss-reactive ketones (excluding diaryl/α,β-unsaturated/α-hetero) is 2. The van der Waals surface area contributed by atoms with E-state index in [2.05, 4.69) is 5.32 Å². The number of nitrogens with zero attached hydrogens (tertiary/aromatic N) is 2. The van der Waals surface area contributed by atoms with Gasteiger partial charge in [0.15, 0.2) is 23.0 Å². The smallest absolute Gasteiger partial charge is 0.236 e. The number of carbonyl (C=O) groups excluding carboxylic acids is 3. The van der Waals surface area contributed by atoms with Crippen LogP contribution in [0.2, 0.25) is 0 Å². The highest BCUT2D eigenvalue weighted by molar-refractivity contribution is 6.25. The van der Waals surface area contributed by atoms with E-state index in [0.717, 1.165) is 0 Å². The van der Waals surface area contributed by atoms with Crippen LogP contribution in [0, 0.1) is 6.92 Å². The van der Waals surface area contributed by atoms with Crippen molar-refractivity contribution in [3.8, 4) is 17.2 Å². The number of methoxy groups -OCH3 is 3. The molecule has 7 atom stereocenters. The minimum Gasteiger partial charge on any atom is -0.507 e. The number of benzene rings is 1. The van der Waals surface area contributed by atoms with E-state index in [0.29, 0.717) is 16.7 Å². The fourth-order valence-corrected chi connectivity index (χ4v) is 7.34. The van der Waals surface area contributed by atoms with Crippen molar-refractivity contribution in [1.82, 2.24) is 15.1 Å². The number of rotatable bonds is 6. The molecule has 0 aromatic heterocycles. The number of nitrogens with one attached hydrogen (secondary N) is 1. The zero-order chi connectivity index (χ0) is 30.9. The van der Waals surface area contributed by atoms with E-state index in [-0.39, 0.29) is 58.5 Å². The van der Waals surface area contributed by atoms with Gasteiger partial charge in [-0.2, -0.15) is 0 Å². The van der Waals surface area contributed by atoms with Crippen molar-refractivity contribution in [2.24, 2.45) is 5.73 Å². The van der Waals surface area contributed by atoms with Crippen LogP contribution in [0.4, 0.5) is 0 Å². The summed E-state index contributed by atoms with van der Waals surface area (Å²) in [5, 5.41) is 37.7. The van der Waals surface area contributed by atoms with Crippen LogP contribution in [0.1, 0.15) is 49.1 Å². The van der Waals surface area contributed by atoms with E-state index < -0.39 is 54.2 Å². The molecule has 6 N–H and O–H groups in total. The zero-order valence-electron chi connectivity index (χ0n) is 24.7. The number of likely N-dealkylation sites (N-methyl/N-ethyl adjacent to an activating group) is 1. The largest absolute Gasteiger partial charge is 0.507 e. The number of ketones is 2. The van der Waals surface area contributed by atoms with Gasteiger partial charge in [0.2, 0.25) is 11.7 Å². The summed E-state index contributed by atoms with van der Waals surface area (Å²) in [5.74, 6) is -1.66. The average Bonchev–Trinajstić information content (AvgIpc) is 2.95. The van der Waals surface area contributed by atoms with Gasteiger partial charge < -0.3 is 40.6 Å². The Morgan fingerprint density at radius 2 is 1.76 bits per heavy atom. The molecule has 1 aromatic carbocycles. The van der Waals surface area contributed by atoms with Crippen LogP contribution in [0.3, 0.4) is 0 Å². The Bertz CT molecular complexity index is 1430. The summed E-state index contributed by atoms with van der Waals surface area (Å²) in [6.07, 6.45) is -2.15. The molecule has 4 aliphatic rings. The molecule has 13 nitrogen and oxygen atoms in total. The van der Waals surface area contributed by atoms with Crippen LogP contribution < -0.4 is 15.8 Å². The Hall–Kier alpha value is -3.49. The lowest BCUT2D eigenvalue weighted by atomic mass is 9.70. The molecule has 1 fully saturated rings. The molecule has 1 saturated heterocycles. The van der Waals surface area contributed by atoms with Crippen LogP contribution in [0.5, 0.6) is 17.2 Å². The van der Waals surface area contributed by atoms with Gasteiger partial charge >= 0.3 is 0 Å². The fourth-order valence-electron chi connectivity index (χ4n) is 7.34. The normalized spacial score (nSPS) is 30.0. The van der Waals surface area contributed by atoms with Crippen LogP contribution in [0.15, 0.2) is 22.5 Å². The minimum atomic E-state index is -1.29. The number of piperazine rings is 1. The quantitative estimate of drug-likeness (QED) is 0.224. The molecule has 13 heteroatoms. The first-order valence-electron chi connectivity index (χ1n) is 13.8. The number of hydrogen-bond acceptors (Lipinski definition) is 12. The summed E-state index contributed by atoms with van der Waals surface area (Å²) in [6, 6.07) is -3.93. The standard InChI is InChI=1S/C29H38N4O9/c1-10-21(34)13-8-14-19-17-18(22(35)11(2)26(41-6)24(17)37)27(42-7)20(32(19)4)29(39)33(14)15(9-31-28(38)12(3)30)16(13)23(36)25(10)40-5/h12,14-15,19-20,27,29,35,37,39H,8-9,30H2,1-7H3,(H,31,38)/t12-,14-,15-,19+,20+,27+,29-/m1/s1. The number of nitrogens with two attached hydrogens (primary N) is 1.